The molecule has 0 heterocycles. The molecule has 0 saturated heterocycles. The molecule has 0 radical (unpaired) electrons. The lowest BCUT2D eigenvalue weighted by molar-refractivity contribution is -0.140. The van der Waals surface area contributed by atoms with Gasteiger partial charge in [-0.2, -0.15) is 0 Å². The first-order chi connectivity index (χ1) is 24.5. The number of ether oxygens (including phenoxy) is 2. The predicted octanol–water partition coefficient (Wildman–Crippen LogP) is 7.60. The molecule has 1 fully saturated rings. The molecule has 0 aliphatic heterocycles. The highest BCUT2D eigenvalue weighted by atomic mass is 35.5. The van der Waals surface area contributed by atoms with Crippen molar-refractivity contribution in [1.82, 2.24) is 10.2 Å². The number of hydrogen-bond acceptors (Lipinski definition) is 6. The second-order valence-electron chi connectivity index (χ2n) is 12.7. The van der Waals surface area contributed by atoms with E-state index in [9.17, 15) is 18.0 Å². The molecule has 1 atom stereocenters. The fourth-order valence-electron chi connectivity index (χ4n) is 6.28. The molecular formula is C39H43Cl2N3O6S. The first-order valence-corrected chi connectivity index (χ1v) is 19.1. The lowest BCUT2D eigenvalue weighted by Gasteiger charge is -2.35. The molecule has 9 nitrogen and oxygen atoms in total. The Hall–Kier alpha value is -4.25. The molecule has 2 amide bonds. The van der Waals surface area contributed by atoms with Gasteiger partial charge < -0.3 is 19.7 Å². The second kappa shape index (κ2) is 17.3. The van der Waals surface area contributed by atoms with Crippen molar-refractivity contribution in [2.45, 2.75) is 69.0 Å². The molecule has 12 heteroatoms. The number of amides is 2. The molecule has 4 aromatic carbocycles. The summed E-state index contributed by atoms with van der Waals surface area (Å²) in [6, 6.07) is 24.4. The summed E-state index contributed by atoms with van der Waals surface area (Å²) in [5, 5.41) is 3.94. The van der Waals surface area contributed by atoms with Gasteiger partial charge in [0.1, 0.15) is 12.6 Å². The van der Waals surface area contributed by atoms with E-state index in [4.69, 9.17) is 32.7 Å². The Morgan fingerprint density at radius 2 is 1.55 bits per heavy atom. The molecule has 51 heavy (non-hydrogen) atoms. The van der Waals surface area contributed by atoms with Crippen LogP contribution in [0.3, 0.4) is 0 Å². The summed E-state index contributed by atoms with van der Waals surface area (Å²) in [5.41, 5.74) is 2.45. The number of halogens is 2. The Bertz CT molecular complexity index is 1920. The average Bonchev–Trinajstić information content (AvgIpc) is 3.13. The quantitative estimate of drug-likeness (QED) is 0.142. The van der Waals surface area contributed by atoms with E-state index < -0.39 is 28.5 Å². The number of hydrogen-bond donors (Lipinski definition) is 1. The number of methoxy groups -OCH3 is 2. The van der Waals surface area contributed by atoms with E-state index in [1.165, 1.54) is 37.3 Å². The molecule has 4 aromatic rings. The van der Waals surface area contributed by atoms with Crippen LogP contribution in [0.15, 0.2) is 95.9 Å². The third-order valence-corrected chi connectivity index (χ3v) is 11.5. The van der Waals surface area contributed by atoms with Crippen molar-refractivity contribution < 1.29 is 27.5 Å². The summed E-state index contributed by atoms with van der Waals surface area (Å²) < 4.78 is 40.8. The van der Waals surface area contributed by atoms with Crippen LogP contribution >= 0.6 is 23.2 Å². The molecule has 270 valence electrons. The second-order valence-corrected chi connectivity index (χ2v) is 15.4. The lowest BCUT2D eigenvalue weighted by atomic mass is 9.94. The van der Waals surface area contributed by atoms with E-state index >= 15 is 0 Å². The van der Waals surface area contributed by atoms with Crippen LogP contribution in [0.2, 0.25) is 10.0 Å². The number of anilines is 1. The third-order valence-electron chi connectivity index (χ3n) is 9.12. The Kier molecular flexibility index (Phi) is 12.9. The number of carbonyl (C=O) groups is 2. The van der Waals surface area contributed by atoms with Gasteiger partial charge in [0.15, 0.2) is 11.5 Å². The number of benzene rings is 4. The zero-order chi connectivity index (χ0) is 36.5. The molecule has 0 spiro atoms. The Morgan fingerprint density at radius 1 is 0.863 bits per heavy atom. The SMILES string of the molecule is COc1ccc(N(CC(=O)N(Cc2ccc(Cl)cc2Cl)[C@@H](Cc2ccccc2)C(=O)NC2CCCCC2)S(=O)(=O)c2ccc(C)cc2)cc1OC. The minimum atomic E-state index is -4.31. The minimum Gasteiger partial charge on any atom is -0.493 e. The van der Waals surface area contributed by atoms with Crippen molar-refractivity contribution in [2.75, 3.05) is 25.1 Å². The minimum absolute atomic E-state index is 0.00106. The first-order valence-electron chi connectivity index (χ1n) is 16.9. The largest absolute Gasteiger partial charge is 0.493 e. The van der Waals surface area contributed by atoms with Crippen LogP contribution in [0.4, 0.5) is 5.69 Å². The van der Waals surface area contributed by atoms with Crippen LogP contribution in [0.5, 0.6) is 11.5 Å². The van der Waals surface area contributed by atoms with Gasteiger partial charge in [-0.25, -0.2) is 8.42 Å². The lowest BCUT2D eigenvalue weighted by Crippen LogP contribution is -2.55. The van der Waals surface area contributed by atoms with Crippen LogP contribution < -0.4 is 19.1 Å². The van der Waals surface area contributed by atoms with Crippen LogP contribution in [0, 0.1) is 6.92 Å². The van der Waals surface area contributed by atoms with E-state index in [2.05, 4.69) is 5.32 Å². The number of rotatable bonds is 14. The van der Waals surface area contributed by atoms with Gasteiger partial charge in [0, 0.05) is 35.1 Å². The summed E-state index contributed by atoms with van der Waals surface area (Å²) in [7, 11) is -1.39. The number of carbonyl (C=O) groups excluding carboxylic acids is 2. The Labute approximate surface area is 310 Å². The van der Waals surface area contributed by atoms with Crippen molar-refractivity contribution in [3.8, 4) is 11.5 Å². The predicted molar refractivity (Wildman–Crippen MR) is 201 cm³/mol. The Balaban J connectivity index is 1.61. The number of nitrogens with zero attached hydrogens (tertiary/aromatic N) is 2. The van der Waals surface area contributed by atoms with Crippen molar-refractivity contribution in [2.24, 2.45) is 0 Å². The normalized spacial score (nSPS) is 14.0. The molecule has 0 unspecified atom stereocenters. The highest BCUT2D eigenvalue weighted by molar-refractivity contribution is 7.92. The van der Waals surface area contributed by atoms with Crippen LogP contribution in [-0.4, -0.2) is 58.0 Å². The number of aryl methyl sites for hydroxylation is 1. The molecule has 5 rings (SSSR count). The number of sulfonamides is 1. The summed E-state index contributed by atoms with van der Waals surface area (Å²) in [6.45, 7) is 1.16. The molecule has 0 bridgehead atoms. The monoisotopic (exact) mass is 751 g/mol. The zero-order valence-corrected chi connectivity index (χ0v) is 31.3. The maximum absolute atomic E-state index is 14.9. The van der Waals surface area contributed by atoms with Gasteiger partial charge in [-0.3, -0.25) is 13.9 Å². The standard InChI is InChI=1S/C39H43Cl2N3O6S/c1-27-14-19-33(20-15-27)51(47,48)44(32-18-21-36(49-2)37(24-32)50-3)26-38(45)43(25-29-16-17-30(40)23-34(29)41)35(22-28-10-6-4-7-11-28)39(46)42-31-12-8-5-9-13-31/h4,6-7,10-11,14-21,23-24,31,35H,5,8-9,12-13,22,25-26H2,1-3H3,(H,42,46)/t35-/m0/s1. The van der Waals surface area contributed by atoms with Gasteiger partial charge in [-0.1, -0.05) is 96.6 Å². The Morgan fingerprint density at radius 3 is 2.20 bits per heavy atom. The maximum Gasteiger partial charge on any atom is 0.264 e. The fourth-order valence-corrected chi connectivity index (χ4v) is 8.15. The van der Waals surface area contributed by atoms with Crippen molar-refractivity contribution in [3.05, 3.63) is 118 Å². The van der Waals surface area contributed by atoms with Crippen molar-refractivity contribution in [1.29, 1.82) is 0 Å². The molecule has 0 aromatic heterocycles. The average molecular weight is 753 g/mol. The molecule has 1 aliphatic carbocycles. The van der Waals surface area contributed by atoms with Gasteiger partial charge in [0.2, 0.25) is 11.8 Å². The van der Waals surface area contributed by atoms with E-state index in [-0.39, 0.29) is 41.2 Å². The number of nitrogens with one attached hydrogen (secondary N) is 1. The van der Waals surface area contributed by atoms with Gasteiger partial charge in [0.25, 0.3) is 10.0 Å². The van der Waals surface area contributed by atoms with E-state index in [1.807, 2.05) is 37.3 Å². The zero-order valence-electron chi connectivity index (χ0n) is 29.0. The van der Waals surface area contributed by atoms with Crippen molar-refractivity contribution >= 4 is 50.7 Å². The van der Waals surface area contributed by atoms with E-state index in [0.29, 0.717) is 21.4 Å². The topological polar surface area (TPSA) is 105 Å². The molecule has 1 N–H and O–H groups in total. The molecule has 1 aliphatic rings. The summed E-state index contributed by atoms with van der Waals surface area (Å²) in [5.74, 6) is -0.249. The van der Waals surface area contributed by atoms with Gasteiger partial charge in [-0.05, 0) is 67.3 Å². The maximum atomic E-state index is 14.9. The summed E-state index contributed by atoms with van der Waals surface area (Å²) in [6.07, 6.45) is 5.02. The fraction of sp³-hybridized carbons (Fsp3) is 0.333. The molecule has 1 saturated carbocycles. The smallest absolute Gasteiger partial charge is 0.264 e. The van der Waals surface area contributed by atoms with Gasteiger partial charge in [0.05, 0.1) is 24.8 Å². The first kappa shape index (κ1) is 38.0. The van der Waals surface area contributed by atoms with Crippen LogP contribution in [0.1, 0.15) is 48.8 Å². The van der Waals surface area contributed by atoms with Crippen LogP contribution in [-0.2, 0) is 32.6 Å². The summed E-state index contributed by atoms with van der Waals surface area (Å²) >= 11 is 12.9. The van der Waals surface area contributed by atoms with E-state index in [1.54, 1.807) is 42.5 Å². The highest BCUT2D eigenvalue weighted by Crippen LogP contribution is 2.34. The summed E-state index contributed by atoms with van der Waals surface area (Å²) in [4.78, 5) is 30.6. The molecular weight excluding hydrogens is 709 g/mol. The van der Waals surface area contributed by atoms with Crippen LogP contribution in [0.25, 0.3) is 0 Å². The van der Waals surface area contributed by atoms with Gasteiger partial charge in [-0.15, -0.1) is 0 Å². The van der Waals surface area contributed by atoms with Crippen molar-refractivity contribution in [3.63, 3.8) is 0 Å². The third kappa shape index (κ3) is 9.55. The van der Waals surface area contributed by atoms with Gasteiger partial charge >= 0.3 is 0 Å². The van der Waals surface area contributed by atoms with E-state index in [0.717, 1.165) is 47.5 Å². The highest BCUT2D eigenvalue weighted by Gasteiger charge is 2.36.